The third kappa shape index (κ3) is 4.81. The van der Waals surface area contributed by atoms with Gasteiger partial charge in [0.15, 0.2) is 0 Å². The van der Waals surface area contributed by atoms with Crippen LogP contribution >= 0.6 is 15.9 Å². The molecule has 0 radical (unpaired) electrons. The second-order valence-corrected chi connectivity index (χ2v) is 5.53. The van der Waals surface area contributed by atoms with Gasteiger partial charge in [0.2, 0.25) is 5.91 Å². The highest BCUT2D eigenvalue weighted by atomic mass is 79.9. The zero-order valence-electron chi connectivity index (χ0n) is 11.4. The van der Waals surface area contributed by atoms with Crippen LogP contribution in [0.15, 0.2) is 24.3 Å². The summed E-state index contributed by atoms with van der Waals surface area (Å²) in [6, 6.07) is 4.65. The van der Waals surface area contributed by atoms with Crippen molar-refractivity contribution in [3.8, 4) is 0 Å². The molecule has 0 saturated heterocycles. The molecule has 1 rings (SSSR count). The molecule has 1 aromatic carbocycles. The van der Waals surface area contributed by atoms with Gasteiger partial charge in [-0.3, -0.25) is 4.79 Å². The molecule has 2 nitrogen and oxygen atoms in total. The van der Waals surface area contributed by atoms with E-state index in [4.69, 9.17) is 0 Å². The summed E-state index contributed by atoms with van der Waals surface area (Å²) in [5.41, 5.74) is -0.493. The normalized spacial score (nSPS) is 14.7. The van der Waals surface area contributed by atoms with Crippen LogP contribution in [0.3, 0.4) is 0 Å². The Bertz CT molecular complexity index is 452. The van der Waals surface area contributed by atoms with Gasteiger partial charge < -0.3 is 5.32 Å². The Hall–Kier alpha value is -1.04. The first kappa shape index (κ1) is 17.0. The number of carbonyl (C=O) groups excluding carboxylic acids is 1. The summed E-state index contributed by atoms with van der Waals surface area (Å²) in [5, 5.41) is 3.50. The van der Waals surface area contributed by atoms with Crippen molar-refractivity contribution in [1.29, 1.82) is 0 Å². The van der Waals surface area contributed by atoms with Gasteiger partial charge in [-0.2, -0.15) is 13.2 Å². The standard InChI is InChI=1S/C14H17BrF3NO/c1-3-13(2,9-15)19-12(20)8-10-4-6-11(7-5-10)14(16,17)18/h4-7H,3,8-9H2,1-2H3,(H,19,20). The van der Waals surface area contributed by atoms with Crippen LogP contribution in [0.25, 0.3) is 0 Å². The second-order valence-electron chi connectivity index (χ2n) is 4.97. The summed E-state index contributed by atoms with van der Waals surface area (Å²) in [5.74, 6) is -0.200. The Morgan fingerprint density at radius 3 is 2.20 bits per heavy atom. The number of halogens is 4. The highest BCUT2D eigenvalue weighted by molar-refractivity contribution is 9.09. The van der Waals surface area contributed by atoms with Gasteiger partial charge in [0, 0.05) is 10.9 Å². The lowest BCUT2D eigenvalue weighted by Crippen LogP contribution is -2.47. The zero-order chi connectivity index (χ0) is 15.4. The lowest BCUT2D eigenvalue weighted by molar-refractivity contribution is -0.137. The summed E-state index contributed by atoms with van der Waals surface area (Å²) in [7, 11) is 0. The van der Waals surface area contributed by atoms with E-state index in [0.717, 1.165) is 18.6 Å². The van der Waals surface area contributed by atoms with E-state index >= 15 is 0 Å². The third-order valence-electron chi connectivity index (χ3n) is 3.16. The van der Waals surface area contributed by atoms with Crippen molar-refractivity contribution in [2.45, 2.75) is 38.4 Å². The van der Waals surface area contributed by atoms with Crippen molar-refractivity contribution in [3.05, 3.63) is 35.4 Å². The van der Waals surface area contributed by atoms with Crippen molar-refractivity contribution >= 4 is 21.8 Å². The van der Waals surface area contributed by atoms with Gasteiger partial charge in [0.1, 0.15) is 0 Å². The Morgan fingerprint density at radius 2 is 1.80 bits per heavy atom. The van der Waals surface area contributed by atoms with Gasteiger partial charge in [-0.1, -0.05) is 35.0 Å². The minimum atomic E-state index is -4.35. The van der Waals surface area contributed by atoms with Gasteiger partial charge in [0.25, 0.3) is 0 Å². The maximum Gasteiger partial charge on any atom is 0.416 e. The Morgan fingerprint density at radius 1 is 1.25 bits per heavy atom. The Labute approximate surface area is 124 Å². The van der Waals surface area contributed by atoms with Gasteiger partial charge in [-0.25, -0.2) is 0 Å². The number of amides is 1. The molecule has 0 spiro atoms. The van der Waals surface area contributed by atoms with Gasteiger partial charge in [-0.05, 0) is 31.0 Å². The molecule has 0 fully saturated rings. The summed E-state index contributed by atoms with van der Waals surface area (Å²) in [4.78, 5) is 11.9. The van der Waals surface area contributed by atoms with Crippen LogP contribution in [-0.4, -0.2) is 16.8 Å². The first-order valence-electron chi connectivity index (χ1n) is 6.23. The first-order chi connectivity index (χ1) is 9.20. The van der Waals surface area contributed by atoms with Crippen molar-refractivity contribution in [2.24, 2.45) is 0 Å². The van der Waals surface area contributed by atoms with E-state index in [1.807, 2.05) is 13.8 Å². The number of hydrogen-bond acceptors (Lipinski definition) is 1. The predicted molar refractivity (Wildman–Crippen MR) is 75.8 cm³/mol. The molecule has 0 saturated carbocycles. The maximum atomic E-state index is 12.4. The fraction of sp³-hybridized carbons (Fsp3) is 0.500. The van der Waals surface area contributed by atoms with E-state index in [9.17, 15) is 18.0 Å². The predicted octanol–water partition coefficient (Wildman–Crippen LogP) is 3.93. The number of alkyl halides is 4. The van der Waals surface area contributed by atoms with E-state index in [1.165, 1.54) is 12.1 Å². The number of nitrogens with one attached hydrogen (secondary N) is 1. The molecule has 1 unspecified atom stereocenters. The van der Waals surface area contributed by atoms with Gasteiger partial charge in [0.05, 0.1) is 12.0 Å². The molecular formula is C14H17BrF3NO. The molecule has 0 aliphatic carbocycles. The SMILES string of the molecule is CCC(C)(CBr)NC(=O)Cc1ccc(C(F)(F)F)cc1. The second kappa shape index (κ2) is 6.61. The molecule has 0 aliphatic heterocycles. The molecule has 1 N–H and O–H groups in total. The smallest absolute Gasteiger partial charge is 0.350 e. The molecular weight excluding hydrogens is 335 g/mol. The van der Waals surface area contributed by atoms with Crippen molar-refractivity contribution in [1.82, 2.24) is 5.32 Å². The highest BCUT2D eigenvalue weighted by Gasteiger charge is 2.30. The summed E-state index contributed by atoms with van der Waals surface area (Å²) in [6.45, 7) is 3.87. The minimum absolute atomic E-state index is 0.0702. The molecule has 1 aromatic rings. The molecule has 6 heteroatoms. The summed E-state index contributed by atoms with van der Waals surface area (Å²) in [6.07, 6.45) is -3.52. The van der Waals surface area contributed by atoms with Gasteiger partial charge >= 0.3 is 6.18 Å². The van der Waals surface area contributed by atoms with Crippen LogP contribution in [0.5, 0.6) is 0 Å². The quantitative estimate of drug-likeness (QED) is 0.800. The number of benzene rings is 1. The number of rotatable bonds is 5. The number of carbonyl (C=O) groups is 1. The average Bonchev–Trinajstić information content (AvgIpc) is 2.38. The number of hydrogen-bond donors (Lipinski definition) is 1. The third-order valence-corrected chi connectivity index (χ3v) is 4.40. The molecule has 0 aromatic heterocycles. The van der Waals surface area contributed by atoms with Crippen LogP contribution in [0, 0.1) is 0 Å². The van der Waals surface area contributed by atoms with Crippen LogP contribution in [0.2, 0.25) is 0 Å². The molecule has 20 heavy (non-hydrogen) atoms. The van der Waals surface area contributed by atoms with E-state index in [-0.39, 0.29) is 17.9 Å². The van der Waals surface area contributed by atoms with Crippen LogP contribution in [0.1, 0.15) is 31.4 Å². The van der Waals surface area contributed by atoms with Crippen LogP contribution in [-0.2, 0) is 17.4 Å². The average molecular weight is 352 g/mol. The molecule has 1 amide bonds. The Balaban J connectivity index is 2.68. The summed E-state index contributed by atoms with van der Waals surface area (Å²) < 4.78 is 37.2. The monoisotopic (exact) mass is 351 g/mol. The fourth-order valence-electron chi connectivity index (χ4n) is 1.59. The van der Waals surface area contributed by atoms with Crippen molar-refractivity contribution in [2.75, 3.05) is 5.33 Å². The Kier molecular flexibility index (Phi) is 5.62. The van der Waals surface area contributed by atoms with Crippen molar-refractivity contribution in [3.63, 3.8) is 0 Å². The first-order valence-corrected chi connectivity index (χ1v) is 7.35. The molecule has 112 valence electrons. The van der Waals surface area contributed by atoms with E-state index in [1.54, 1.807) is 0 Å². The maximum absolute atomic E-state index is 12.4. The topological polar surface area (TPSA) is 29.1 Å². The summed E-state index contributed by atoms with van der Waals surface area (Å²) >= 11 is 3.34. The molecule has 0 bridgehead atoms. The van der Waals surface area contributed by atoms with Crippen molar-refractivity contribution < 1.29 is 18.0 Å². The minimum Gasteiger partial charge on any atom is -0.350 e. The highest BCUT2D eigenvalue weighted by Crippen LogP contribution is 2.29. The molecule has 0 aliphatic rings. The van der Waals surface area contributed by atoms with E-state index < -0.39 is 11.7 Å². The fourth-order valence-corrected chi connectivity index (χ4v) is 2.13. The largest absolute Gasteiger partial charge is 0.416 e. The lowest BCUT2D eigenvalue weighted by atomic mass is 10.0. The lowest BCUT2D eigenvalue weighted by Gasteiger charge is -2.27. The molecule has 0 heterocycles. The molecule has 1 atom stereocenters. The van der Waals surface area contributed by atoms with Crippen LogP contribution < -0.4 is 5.32 Å². The van der Waals surface area contributed by atoms with E-state index in [2.05, 4.69) is 21.2 Å². The van der Waals surface area contributed by atoms with Gasteiger partial charge in [-0.15, -0.1) is 0 Å². The van der Waals surface area contributed by atoms with Crippen LogP contribution in [0.4, 0.5) is 13.2 Å². The van der Waals surface area contributed by atoms with E-state index in [0.29, 0.717) is 10.9 Å². The zero-order valence-corrected chi connectivity index (χ0v) is 12.9.